The third kappa shape index (κ3) is 3.94. The first kappa shape index (κ1) is 23.5. The van der Waals surface area contributed by atoms with E-state index in [0.717, 1.165) is 11.1 Å². The maximum Gasteiger partial charge on any atom is 0.204 e. The lowest BCUT2D eigenvalue weighted by Crippen LogP contribution is -2.28. The van der Waals surface area contributed by atoms with Crippen LogP contribution >= 0.6 is 0 Å². The smallest absolute Gasteiger partial charge is 0.204 e. The van der Waals surface area contributed by atoms with Gasteiger partial charge in [0, 0.05) is 17.2 Å². The van der Waals surface area contributed by atoms with Gasteiger partial charge in [0.2, 0.25) is 5.43 Å². The van der Waals surface area contributed by atoms with Crippen molar-refractivity contribution in [3.05, 3.63) is 62.4 Å². The minimum atomic E-state index is -0.606. The Kier molecular flexibility index (Phi) is 5.72. The molecule has 178 valence electrons. The van der Waals surface area contributed by atoms with Crippen LogP contribution in [0.25, 0.3) is 28.0 Å². The van der Waals surface area contributed by atoms with Crippen LogP contribution in [0.15, 0.2) is 44.7 Å². The lowest BCUT2D eigenvalue weighted by Gasteiger charge is -2.30. The van der Waals surface area contributed by atoms with Gasteiger partial charge in [0.05, 0.1) is 10.9 Å². The zero-order chi connectivity index (χ0) is 24.9. The molecule has 0 amide bonds. The number of hydrogen-bond acceptors (Lipinski definition) is 6. The highest BCUT2D eigenvalue weighted by atomic mass is 16.5. The van der Waals surface area contributed by atoms with Crippen LogP contribution in [0.4, 0.5) is 0 Å². The van der Waals surface area contributed by atoms with E-state index >= 15 is 0 Å². The van der Waals surface area contributed by atoms with Crippen molar-refractivity contribution in [1.29, 1.82) is 0 Å². The molecule has 0 unspecified atom stereocenters. The number of ether oxygens (including phenoxy) is 1. The van der Waals surface area contributed by atoms with Crippen LogP contribution in [0.3, 0.4) is 0 Å². The molecule has 1 aromatic heterocycles. The van der Waals surface area contributed by atoms with Crippen LogP contribution in [-0.4, -0.2) is 20.9 Å². The highest BCUT2D eigenvalue weighted by Gasteiger charge is 2.31. The molecular weight excluding hydrogens is 432 g/mol. The minimum Gasteiger partial charge on any atom is -0.506 e. The van der Waals surface area contributed by atoms with Gasteiger partial charge in [-0.25, -0.2) is 0 Å². The maximum atomic E-state index is 13.8. The van der Waals surface area contributed by atoms with Crippen LogP contribution in [-0.2, 0) is 12.8 Å². The van der Waals surface area contributed by atoms with Crippen LogP contribution in [0, 0.1) is 0 Å². The number of phenols is 3. The highest BCUT2D eigenvalue weighted by Crippen LogP contribution is 2.46. The van der Waals surface area contributed by atoms with Gasteiger partial charge < -0.3 is 24.5 Å². The molecule has 6 nitrogen and oxygen atoms in total. The molecule has 0 radical (unpaired) electrons. The van der Waals surface area contributed by atoms with Crippen molar-refractivity contribution in [2.45, 2.75) is 60.0 Å². The van der Waals surface area contributed by atoms with Gasteiger partial charge in [-0.15, -0.1) is 0 Å². The number of phenolic OH excluding ortho intramolecular Hbond substituents is 3. The SMILES string of the molecule is CC(C)=CCc1c2c(c(O)c3c(=O)c4c(CC=C(C)C)c(O)c(O)cc4oc13)C=CC(C)(C)O2. The molecule has 1 aliphatic rings. The predicted molar refractivity (Wildman–Crippen MR) is 135 cm³/mol. The average Bonchev–Trinajstić information content (AvgIpc) is 2.73. The first-order chi connectivity index (χ1) is 15.9. The summed E-state index contributed by atoms with van der Waals surface area (Å²) in [5.41, 5.74) is 2.64. The normalized spacial score (nSPS) is 14.1. The van der Waals surface area contributed by atoms with Crippen molar-refractivity contribution >= 4 is 28.0 Å². The van der Waals surface area contributed by atoms with E-state index in [1.54, 1.807) is 6.08 Å². The van der Waals surface area contributed by atoms with E-state index in [2.05, 4.69) is 0 Å². The Morgan fingerprint density at radius 1 is 0.941 bits per heavy atom. The van der Waals surface area contributed by atoms with Crippen molar-refractivity contribution in [2.75, 3.05) is 0 Å². The summed E-state index contributed by atoms with van der Waals surface area (Å²) in [5.74, 6) is -0.510. The third-order valence-electron chi connectivity index (χ3n) is 5.97. The van der Waals surface area contributed by atoms with Gasteiger partial charge in [-0.1, -0.05) is 23.3 Å². The van der Waals surface area contributed by atoms with Crippen molar-refractivity contribution < 1.29 is 24.5 Å². The first-order valence-corrected chi connectivity index (χ1v) is 11.3. The Hall–Kier alpha value is -3.67. The summed E-state index contributed by atoms with van der Waals surface area (Å²) in [4.78, 5) is 13.8. The first-order valence-electron chi connectivity index (χ1n) is 11.3. The zero-order valence-electron chi connectivity index (χ0n) is 20.4. The number of fused-ring (bicyclic) bond motifs is 3. The molecule has 0 atom stereocenters. The summed E-state index contributed by atoms with van der Waals surface area (Å²) in [6, 6.07) is 1.24. The highest BCUT2D eigenvalue weighted by molar-refractivity contribution is 6.01. The van der Waals surface area contributed by atoms with E-state index in [1.807, 2.05) is 59.8 Å². The molecule has 0 fully saturated rings. The largest absolute Gasteiger partial charge is 0.506 e. The van der Waals surface area contributed by atoms with E-state index in [4.69, 9.17) is 9.15 Å². The Labute approximate surface area is 198 Å². The van der Waals surface area contributed by atoms with E-state index in [1.165, 1.54) is 6.07 Å². The Balaban J connectivity index is 2.19. The molecule has 0 bridgehead atoms. The van der Waals surface area contributed by atoms with Crippen LogP contribution in [0.5, 0.6) is 23.0 Å². The number of aromatic hydroxyl groups is 3. The van der Waals surface area contributed by atoms with Crippen molar-refractivity contribution in [1.82, 2.24) is 0 Å². The number of hydrogen-bond donors (Lipinski definition) is 3. The van der Waals surface area contributed by atoms with Gasteiger partial charge in [-0.2, -0.15) is 0 Å². The molecule has 0 saturated heterocycles. The van der Waals surface area contributed by atoms with Gasteiger partial charge in [0.25, 0.3) is 0 Å². The van der Waals surface area contributed by atoms with E-state index in [9.17, 15) is 20.1 Å². The quantitative estimate of drug-likeness (QED) is 0.240. The van der Waals surface area contributed by atoms with Gasteiger partial charge in [0.1, 0.15) is 33.7 Å². The molecule has 2 heterocycles. The Bertz CT molecular complexity index is 1470. The van der Waals surface area contributed by atoms with Crippen molar-refractivity contribution in [3.63, 3.8) is 0 Å². The van der Waals surface area contributed by atoms with Gasteiger partial charge in [-0.05, 0) is 66.5 Å². The van der Waals surface area contributed by atoms with Crippen LogP contribution < -0.4 is 10.2 Å². The molecule has 0 aliphatic carbocycles. The summed E-state index contributed by atoms with van der Waals surface area (Å²) in [6.45, 7) is 11.6. The molecule has 3 aromatic rings. The summed E-state index contributed by atoms with van der Waals surface area (Å²) < 4.78 is 12.4. The Morgan fingerprint density at radius 2 is 1.56 bits per heavy atom. The fourth-order valence-corrected chi connectivity index (χ4v) is 4.19. The van der Waals surface area contributed by atoms with E-state index in [-0.39, 0.29) is 51.2 Å². The number of allylic oxidation sites excluding steroid dienone is 4. The molecule has 0 saturated carbocycles. The van der Waals surface area contributed by atoms with Gasteiger partial charge in [-0.3, -0.25) is 4.79 Å². The second kappa shape index (κ2) is 8.28. The molecule has 6 heteroatoms. The molecule has 2 aromatic carbocycles. The van der Waals surface area contributed by atoms with Gasteiger partial charge in [0.15, 0.2) is 11.5 Å². The second-order valence-corrected chi connectivity index (χ2v) is 9.81. The molecule has 34 heavy (non-hydrogen) atoms. The second-order valence-electron chi connectivity index (χ2n) is 9.81. The lowest BCUT2D eigenvalue weighted by molar-refractivity contribution is 0.157. The van der Waals surface area contributed by atoms with E-state index in [0.29, 0.717) is 23.3 Å². The molecule has 4 rings (SSSR count). The number of benzene rings is 2. The molecule has 3 N–H and O–H groups in total. The average molecular weight is 463 g/mol. The maximum absolute atomic E-state index is 13.8. The minimum absolute atomic E-state index is 0.0277. The van der Waals surface area contributed by atoms with Crippen LogP contribution in [0.2, 0.25) is 0 Å². The van der Waals surface area contributed by atoms with Crippen LogP contribution in [0.1, 0.15) is 58.2 Å². The molecule has 0 spiro atoms. The fraction of sp³-hybridized carbons (Fsp3) is 0.321. The standard InChI is InChI=1S/C28H30O6/c1-14(2)7-9-16-21-20(13-19(29)23(16)30)33-27-18(10-8-15(3)4)26-17(11-12-28(5,6)34-26)24(31)22(27)25(21)32/h7-8,11-13,29-31H,9-10H2,1-6H3. The summed E-state index contributed by atoms with van der Waals surface area (Å²) in [6.07, 6.45) is 8.10. The summed E-state index contributed by atoms with van der Waals surface area (Å²) in [5, 5.41) is 32.3. The van der Waals surface area contributed by atoms with Gasteiger partial charge >= 0.3 is 0 Å². The van der Waals surface area contributed by atoms with Crippen molar-refractivity contribution in [2.24, 2.45) is 0 Å². The molecule has 1 aliphatic heterocycles. The third-order valence-corrected chi connectivity index (χ3v) is 5.97. The van der Waals surface area contributed by atoms with Crippen molar-refractivity contribution in [3.8, 4) is 23.0 Å². The molecular formula is C28H30O6. The number of rotatable bonds is 4. The lowest BCUT2D eigenvalue weighted by atomic mass is 9.93. The summed E-state index contributed by atoms with van der Waals surface area (Å²) in [7, 11) is 0. The van der Waals surface area contributed by atoms with E-state index < -0.39 is 11.0 Å². The fourth-order valence-electron chi connectivity index (χ4n) is 4.19. The topological polar surface area (TPSA) is 100 Å². The monoisotopic (exact) mass is 462 g/mol. The zero-order valence-corrected chi connectivity index (χ0v) is 20.4. The predicted octanol–water partition coefficient (Wildman–Crippen LogP) is 6.26. The summed E-state index contributed by atoms with van der Waals surface area (Å²) >= 11 is 0. The Morgan fingerprint density at radius 3 is 2.18 bits per heavy atom.